The van der Waals surface area contributed by atoms with Crippen molar-refractivity contribution in [3.05, 3.63) is 66.0 Å². The number of hydrogen-bond acceptors (Lipinski definition) is 3. The van der Waals surface area contributed by atoms with Crippen LogP contribution in [0.25, 0.3) is 11.3 Å². The Labute approximate surface area is 157 Å². The number of anilines is 2. The van der Waals surface area contributed by atoms with Crippen molar-refractivity contribution in [1.29, 1.82) is 0 Å². The summed E-state index contributed by atoms with van der Waals surface area (Å²) in [7, 11) is 0. The molecule has 0 fully saturated rings. The molecule has 0 bridgehead atoms. The lowest BCUT2D eigenvalue weighted by Crippen LogP contribution is -2.02. The standard InChI is InChI=1S/C16H10BrF2IN2O2/c1-7-4-8(20)2-3-11(7)21-16-9(12-6-13(23)24-22-12)5-10(17)14(18)15(16)19/h2-6,21-22H,1H3. The topological polar surface area (TPSA) is 58.0 Å². The minimum atomic E-state index is -1.06. The van der Waals surface area contributed by atoms with E-state index in [0.717, 1.165) is 9.13 Å². The molecule has 0 saturated heterocycles. The Bertz CT molecular complexity index is 985. The average Bonchev–Trinajstić information content (AvgIpc) is 2.96. The molecule has 1 heterocycles. The van der Waals surface area contributed by atoms with Crippen LogP contribution in [0.1, 0.15) is 5.56 Å². The van der Waals surface area contributed by atoms with E-state index in [1.54, 1.807) is 6.07 Å². The van der Waals surface area contributed by atoms with Gasteiger partial charge in [-0.1, -0.05) is 0 Å². The Morgan fingerprint density at radius 3 is 2.58 bits per heavy atom. The van der Waals surface area contributed by atoms with Crippen molar-refractivity contribution in [2.75, 3.05) is 5.32 Å². The van der Waals surface area contributed by atoms with Crippen LogP contribution in [0.4, 0.5) is 20.2 Å². The van der Waals surface area contributed by atoms with Gasteiger partial charge in [-0.25, -0.2) is 18.7 Å². The summed E-state index contributed by atoms with van der Waals surface area (Å²) in [4.78, 5) is 11.3. The molecule has 124 valence electrons. The van der Waals surface area contributed by atoms with Crippen molar-refractivity contribution in [2.24, 2.45) is 0 Å². The molecular weight excluding hydrogens is 497 g/mol. The van der Waals surface area contributed by atoms with E-state index in [9.17, 15) is 13.6 Å². The third kappa shape index (κ3) is 3.25. The van der Waals surface area contributed by atoms with Crippen LogP contribution in [0.15, 0.2) is 44.1 Å². The molecule has 2 N–H and O–H groups in total. The summed E-state index contributed by atoms with van der Waals surface area (Å²) < 4.78 is 34.1. The van der Waals surface area contributed by atoms with E-state index in [1.165, 1.54) is 12.1 Å². The van der Waals surface area contributed by atoms with E-state index in [4.69, 9.17) is 0 Å². The van der Waals surface area contributed by atoms with E-state index < -0.39 is 17.3 Å². The monoisotopic (exact) mass is 506 g/mol. The fraction of sp³-hybridized carbons (Fsp3) is 0.0625. The van der Waals surface area contributed by atoms with E-state index in [-0.39, 0.29) is 21.4 Å². The fourth-order valence-corrected chi connectivity index (χ4v) is 3.30. The molecule has 1 aromatic heterocycles. The molecule has 0 unspecified atom stereocenters. The van der Waals surface area contributed by atoms with Gasteiger partial charge < -0.3 is 9.84 Å². The van der Waals surface area contributed by atoms with Crippen molar-refractivity contribution < 1.29 is 13.3 Å². The summed E-state index contributed by atoms with van der Waals surface area (Å²) in [6.07, 6.45) is 0. The van der Waals surface area contributed by atoms with Gasteiger partial charge in [0.15, 0.2) is 11.6 Å². The predicted molar refractivity (Wildman–Crippen MR) is 99.6 cm³/mol. The van der Waals surface area contributed by atoms with Gasteiger partial charge in [0.1, 0.15) is 0 Å². The normalized spacial score (nSPS) is 10.9. The van der Waals surface area contributed by atoms with Gasteiger partial charge in [-0.05, 0) is 75.3 Å². The van der Waals surface area contributed by atoms with Crippen LogP contribution in [0.5, 0.6) is 0 Å². The number of aromatic amines is 1. The summed E-state index contributed by atoms with van der Waals surface area (Å²) >= 11 is 5.15. The highest BCUT2D eigenvalue weighted by Crippen LogP contribution is 2.37. The molecule has 0 amide bonds. The molecule has 0 atom stereocenters. The zero-order valence-electron chi connectivity index (χ0n) is 12.2. The Balaban J connectivity index is 2.18. The van der Waals surface area contributed by atoms with Crippen molar-refractivity contribution in [2.45, 2.75) is 6.92 Å². The maximum atomic E-state index is 14.5. The minimum Gasteiger partial charge on any atom is -0.352 e. The highest BCUT2D eigenvalue weighted by atomic mass is 127. The molecule has 2 aromatic carbocycles. The number of nitrogens with one attached hydrogen (secondary N) is 2. The summed E-state index contributed by atoms with van der Waals surface area (Å²) in [5.41, 5.74) is 1.31. The van der Waals surface area contributed by atoms with Gasteiger partial charge in [-0.15, -0.1) is 0 Å². The van der Waals surface area contributed by atoms with Gasteiger partial charge in [-0.2, -0.15) is 0 Å². The third-order valence-corrected chi connectivity index (χ3v) is 4.67. The Hall–Kier alpha value is -1.68. The zero-order valence-corrected chi connectivity index (χ0v) is 16.0. The average molecular weight is 507 g/mol. The smallest absolute Gasteiger partial charge is 0.352 e. The first-order valence-electron chi connectivity index (χ1n) is 6.76. The van der Waals surface area contributed by atoms with E-state index in [0.29, 0.717) is 5.69 Å². The minimum absolute atomic E-state index is 0.0538. The maximum absolute atomic E-state index is 14.5. The summed E-state index contributed by atoms with van der Waals surface area (Å²) in [6.45, 7) is 1.86. The summed E-state index contributed by atoms with van der Waals surface area (Å²) in [6, 6.07) is 8.09. The summed E-state index contributed by atoms with van der Waals surface area (Å²) in [5.74, 6) is -2.07. The van der Waals surface area contributed by atoms with Crippen molar-refractivity contribution >= 4 is 49.9 Å². The first-order valence-corrected chi connectivity index (χ1v) is 8.63. The molecule has 0 aliphatic heterocycles. The largest absolute Gasteiger partial charge is 0.357 e. The van der Waals surface area contributed by atoms with E-state index >= 15 is 0 Å². The third-order valence-electron chi connectivity index (χ3n) is 3.42. The quantitative estimate of drug-likeness (QED) is 0.373. The second-order valence-electron chi connectivity index (χ2n) is 5.07. The number of aromatic nitrogens is 1. The van der Waals surface area contributed by atoms with Crippen LogP contribution >= 0.6 is 38.5 Å². The van der Waals surface area contributed by atoms with Gasteiger partial charge in [-0.3, -0.25) is 0 Å². The molecule has 0 spiro atoms. The van der Waals surface area contributed by atoms with Crippen LogP contribution in [-0.2, 0) is 0 Å². The van der Waals surface area contributed by atoms with Gasteiger partial charge in [0.05, 0.1) is 21.9 Å². The fourth-order valence-electron chi connectivity index (χ4n) is 2.25. The predicted octanol–water partition coefficient (Wildman–Crippen LogP) is 5.33. The highest BCUT2D eigenvalue weighted by molar-refractivity contribution is 14.1. The lowest BCUT2D eigenvalue weighted by molar-refractivity contribution is 0.394. The van der Waals surface area contributed by atoms with Gasteiger partial charge >= 0.3 is 5.63 Å². The second kappa shape index (κ2) is 6.67. The van der Waals surface area contributed by atoms with Gasteiger partial charge in [0.2, 0.25) is 0 Å². The number of hydrogen-bond donors (Lipinski definition) is 2. The number of H-pyrrole nitrogens is 1. The lowest BCUT2D eigenvalue weighted by Gasteiger charge is -2.15. The number of rotatable bonds is 3. The summed E-state index contributed by atoms with van der Waals surface area (Å²) in [5, 5.41) is 5.32. The number of benzene rings is 2. The van der Waals surface area contributed by atoms with Crippen LogP contribution < -0.4 is 10.9 Å². The maximum Gasteiger partial charge on any atom is 0.357 e. The highest BCUT2D eigenvalue weighted by Gasteiger charge is 2.20. The zero-order chi connectivity index (χ0) is 17.4. The van der Waals surface area contributed by atoms with Crippen LogP contribution in [0.2, 0.25) is 0 Å². The molecule has 3 aromatic rings. The molecule has 0 aliphatic rings. The molecule has 0 radical (unpaired) electrons. The van der Waals surface area contributed by atoms with Crippen LogP contribution in [-0.4, -0.2) is 5.16 Å². The first kappa shape index (κ1) is 17.2. The Morgan fingerprint density at radius 2 is 1.96 bits per heavy atom. The van der Waals surface area contributed by atoms with Gasteiger partial charge in [0.25, 0.3) is 0 Å². The van der Waals surface area contributed by atoms with Crippen molar-refractivity contribution in [1.82, 2.24) is 5.16 Å². The first-order chi connectivity index (χ1) is 11.4. The van der Waals surface area contributed by atoms with E-state index in [2.05, 4.69) is 53.5 Å². The second-order valence-corrected chi connectivity index (χ2v) is 7.17. The number of aryl methyl sites for hydroxylation is 1. The SMILES string of the molecule is Cc1cc(I)ccc1Nc1c(-c2cc(=O)o[nH]2)cc(Br)c(F)c1F. The van der Waals surface area contributed by atoms with Crippen LogP contribution in [0.3, 0.4) is 0 Å². The van der Waals surface area contributed by atoms with Crippen LogP contribution in [0, 0.1) is 22.1 Å². The van der Waals surface area contributed by atoms with E-state index in [1.807, 2.05) is 19.1 Å². The molecule has 4 nitrogen and oxygen atoms in total. The molecule has 3 rings (SSSR count). The molecule has 24 heavy (non-hydrogen) atoms. The van der Waals surface area contributed by atoms with Crippen molar-refractivity contribution in [3.63, 3.8) is 0 Å². The van der Waals surface area contributed by atoms with Gasteiger partial charge in [0, 0.05) is 14.8 Å². The molecule has 8 heteroatoms. The van der Waals surface area contributed by atoms with Crippen molar-refractivity contribution in [3.8, 4) is 11.3 Å². The molecule has 0 aliphatic carbocycles. The Morgan fingerprint density at radius 1 is 1.21 bits per heavy atom. The molecular formula is C16H10BrF2IN2O2. The number of halogens is 4. The molecule has 0 saturated carbocycles. The lowest BCUT2D eigenvalue weighted by atomic mass is 10.1. The Kier molecular flexibility index (Phi) is 4.77.